The number of hydrogen-bond acceptors (Lipinski definition) is 2. The molecule has 2 heteroatoms. The van der Waals surface area contributed by atoms with Crippen LogP contribution in [-0.2, 0) is 0 Å². The molecule has 2 aliphatic carbocycles. The highest BCUT2D eigenvalue weighted by Gasteiger charge is 2.34. The third-order valence-electron chi connectivity index (χ3n) is 4.57. The Kier molecular flexibility index (Phi) is 3.21. The van der Waals surface area contributed by atoms with E-state index in [2.05, 4.69) is 17.1 Å². The van der Waals surface area contributed by atoms with Crippen molar-refractivity contribution >= 4 is 0 Å². The van der Waals surface area contributed by atoms with Crippen LogP contribution in [-0.4, -0.2) is 36.6 Å². The molecule has 1 aliphatic heterocycles. The Bertz CT molecular complexity index is 233. The van der Waals surface area contributed by atoms with Crippen LogP contribution in [0.1, 0.15) is 45.4 Å². The Labute approximate surface area is 99.8 Å². The normalized spacial score (nSPS) is 33.2. The van der Waals surface area contributed by atoms with Crippen LogP contribution in [0.15, 0.2) is 0 Å². The summed E-state index contributed by atoms with van der Waals surface area (Å²) >= 11 is 0. The lowest BCUT2D eigenvalue weighted by Gasteiger charge is -2.22. The topological polar surface area (TPSA) is 15.3 Å². The second-order valence-electron chi connectivity index (χ2n) is 6.21. The van der Waals surface area contributed by atoms with Crippen molar-refractivity contribution in [3.63, 3.8) is 0 Å². The predicted octanol–water partition coefficient (Wildman–Crippen LogP) is 2.25. The van der Waals surface area contributed by atoms with Crippen LogP contribution in [0.3, 0.4) is 0 Å². The van der Waals surface area contributed by atoms with Crippen molar-refractivity contribution < 1.29 is 0 Å². The lowest BCUT2D eigenvalue weighted by atomic mass is 10.1. The van der Waals surface area contributed by atoms with Crippen LogP contribution in [0.5, 0.6) is 0 Å². The monoisotopic (exact) mass is 222 g/mol. The van der Waals surface area contributed by atoms with Gasteiger partial charge in [0.15, 0.2) is 0 Å². The van der Waals surface area contributed by atoms with Gasteiger partial charge in [-0.15, -0.1) is 0 Å². The summed E-state index contributed by atoms with van der Waals surface area (Å²) in [6, 6.07) is 1.62. The first kappa shape index (κ1) is 11.0. The molecule has 1 saturated heterocycles. The average Bonchev–Trinajstić information content (AvgIpc) is 3.16. The molecule has 0 aromatic rings. The minimum Gasteiger partial charge on any atom is -0.310 e. The molecule has 0 aromatic carbocycles. The van der Waals surface area contributed by atoms with Crippen molar-refractivity contribution in [2.45, 2.75) is 57.5 Å². The van der Waals surface area contributed by atoms with Gasteiger partial charge in [-0.2, -0.15) is 0 Å². The van der Waals surface area contributed by atoms with E-state index in [4.69, 9.17) is 0 Å². The van der Waals surface area contributed by atoms with E-state index in [1.807, 2.05) is 0 Å². The fourth-order valence-corrected chi connectivity index (χ4v) is 3.19. The molecule has 3 fully saturated rings. The summed E-state index contributed by atoms with van der Waals surface area (Å²) in [5.41, 5.74) is 0. The van der Waals surface area contributed by atoms with Crippen LogP contribution in [0.2, 0.25) is 0 Å². The van der Waals surface area contributed by atoms with E-state index in [1.165, 1.54) is 58.2 Å². The van der Waals surface area contributed by atoms with Gasteiger partial charge in [0.05, 0.1) is 0 Å². The van der Waals surface area contributed by atoms with Gasteiger partial charge in [0.25, 0.3) is 0 Å². The summed E-state index contributed by atoms with van der Waals surface area (Å²) < 4.78 is 0. The highest BCUT2D eigenvalue weighted by atomic mass is 15.2. The molecule has 2 nitrogen and oxygen atoms in total. The number of rotatable bonds is 6. The maximum absolute atomic E-state index is 3.91. The van der Waals surface area contributed by atoms with Crippen LogP contribution >= 0.6 is 0 Å². The summed E-state index contributed by atoms with van der Waals surface area (Å²) in [6.45, 7) is 6.39. The van der Waals surface area contributed by atoms with Gasteiger partial charge in [-0.25, -0.2) is 0 Å². The van der Waals surface area contributed by atoms with Gasteiger partial charge in [-0.1, -0.05) is 6.92 Å². The van der Waals surface area contributed by atoms with E-state index in [1.54, 1.807) is 0 Å². The van der Waals surface area contributed by atoms with Gasteiger partial charge >= 0.3 is 0 Å². The quantitative estimate of drug-likeness (QED) is 0.741. The molecular weight excluding hydrogens is 196 g/mol. The van der Waals surface area contributed by atoms with Gasteiger partial charge in [-0.3, -0.25) is 0 Å². The summed E-state index contributed by atoms with van der Waals surface area (Å²) in [5.74, 6) is 2.08. The molecule has 2 unspecified atom stereocenters. The van der Waals surface area contributed by atoms with Crippen LogP contribution in [0.4, 0.5) is 0 Å². The van der Waals surface area contributed by atoms with Crippen molar-refractivity contribution in [3.05, 3.63) is 0 Å². The van der Waals surface area contributed by atoms with Gasteiger partial charge in [-0.05, 0) is 56.9 Å². The third kappa shape index (κ3) is 2.78. The minimum atomic E-state index is 0.796. The van der Waals surface area contributed by atoms with E-state index in [9.17, 15) is 0 Å². The van der Waals surface area contributed by atoms with E-state index in [0.717, 1.165) is 23.9 Å². The summed E-state index contributed by atoms with van der Waals surface area (Å²) in [6.07, 6.45) is 8.65. The molecule has 0 radical (unpaired) electrons. The predicted molar refractivity (Wildman–Crippen MR) is 67.5 cm³/mol. The van der Waals surface area contributed by atoms with E-state index < -0.39 is 0 Å². The summed E-state index contributed by atoms with van der Waals surface area (Å²) in [7, 11) is 0. The molecule has 0 bridgehead atoms. The molecule has 1 N–H and O–H groups in total. The maximum atomic E-state index is 3.91. The fraction of sp³-hybridized carbons (Fsp3) is 1.00. The molecule has 0 spiro atoms. The van der Waals surface area contributed by atoms with Gasteiger partial charge in [0.2, 0.25) is 0 Å². The van der Waals surface area contributed by atoms with Crippen LogP contribution < -0.4 is 5.32 Å². The Morgan fingerprint density at radius 2 is 2.00 bits per heavy atom. The van der Waals surface area contributed by atoms with Gasteiger partial charge in [0, 0.05) is 25.2 Å². The first-order chi connectivity index (χ1) is 7.85. The molecule has 0 aromatic heterocycles. The van der Waals surface area contributed by atoms with Gasteiger partial charge in [0.1, 0.15) is 0 Å². The average molecular weight is 222 g/mol. The summed E-state index contributed by atoms with van der Waals surface area (Å²) in [5, 5.41) is 3.91. The highest BCUT2D eigenvalue weighted by molar-refractivity contribution is 4.91. The largest absolute Gasteiger partial charge is 0.310 e. The molecular formula is C14H26N2. The number of likely N-dealkylation sites (tertiary alicyclic amines) is 1. The first-order valence-corrected chi connectivity index (χ1v) is 7.33. The molecule has 3 rings (SSSR count). The highest BCUT2D eigenvalue weighted by Crippen LogP contribution is 2.35. The lowest BCUT2D eigenvalue weighted by Crippen LogP contribution is -2.41. The number of nitrogens with zero attached hydrogens (tertiary/aromatic N) is 1. The lowest BCUT2D eigenvalue weighted by molar-refractivity contribution is 0.304. The van der Waals surface area contributed by atoms with Crippen molar-refractivity contribution in [1.82, 2.24) is 10.2 Å². The van der Waals surface area contributed by atoms with E-state index in [-0.39, 0.29) is 0 Å². The molecule has 2 atom stereocenters. The molecule has 2 saturated carbocycles. The molecule has 16 heavy (non-hydrogen) atoms. The third-order valence-corrected chi connectivity index (χ3v) is 4.57. The zero-order valence-electron chi connectivity index (χ0n) is 10.6. The fourth-order valence-electron chi connectivity index (χ4n) is 3.19. The van der Waals surface area contributed by atoms with Crippen molar-refractivity contribution in [1.29, 1.82) is 0 Å². The number of hydrogen-bond donors (Lipinski definition) is 1. The standard InChI is InChI=1S/C14H26N2/c1-2-14(12-5-6-12)15-13-7-8-16(10-13)9-11-3-4-11/h11-15H,2-10H2,1H3. The molecule has 0 amide bonds. The zero-order chi connectivity index (χ0) is 11.0. The second kappa shape index (κ2) is 4.66. The summed E-state index contributed by atoms with van der Waals surface area (Å²) in [4.78, 5) is 2.69. The van der Waals surface area contributed by atoms with Crippen molar-refractivity contribution in [3.8, 4) is 0 Å². The second-order valence-corrected chi connectivity index (χ2v) is 6.21. The Morgan fingerprint density at radius 3 is 2.62 bits per heavy atom. The Hall–Kier alpha value is -0.0800. The Morgan fingerprint density at radius 1 is 1.19 bits per heavy atom. The SMILES string of the molecule is CCC(NC1CCN(CC2CC2)C1)C1CC1. The number of nitrogens with one attached hydrogen (secondary N) is 1. The smallest absolute Gasteiger partial charge is 0.0209 e. The molecule has 92 valence electrons. The first-order valence-electron chi connectivity index (χ1n) is 7.33. The molecule has 3 aliphatic rings. The zero-order valence-corrected chi connectivity index (χ0v) is 10.6. The van der Waals surface area contributed by atoms with E-state index >= 15 is 0 Å². The van der Waals surface area contributed by atoms with Crippen molar-refractivity contribution in [2.75, 3.05) is 19.6 Å². The maximum Gasteiger partial charge on any atom is 0.0209 e. The van der Waals surface area contributed by atoms with Crippen molar-refractivity contribution in [2.24, 2.45) is 11.8 Å². The van der Waals surface area contributed by atoms with E-state index in [0.29, 0.717) is 0 Å². The molecule has 1 heterocycles. The van der Waals surface area contributed by atoms with Gasteiger partial charge < -0.3 is 10.2 Å². The minimum absolute atomic E-state index is 0.796. The Balaban J connectivity index is 1.41. The van der Waals surface area contributed by atoms with Crippen LogP contribution in [0, 0.1) is 11.8 Å². The van der Waals surface area contributed by atoms with Crippen LogP contribution in [0.25, 0.3) is 0 Å².